The third kappa shape index (κ3) is 7.89. The molecule has 2 rings (SSSR count). The molecule has 0 aliphatic heterocycles. The number of hydrogen-bond acceptors (Lipinski definition) is 3. The van der Waals surface area contributed by atoms with Gasteiger partial charge >= 0.3 is 0 Å². The van der Waals surface area contributed by atoms with Crippen molar-refractivity contribution < 1.29 is 14.0 Å². The Labute approximate surface area is 188 Å². The average molecular weight is 438 g/mol. The Bertz CT molecular complexity index is 890. The van der Waals surface area contributed by atoms with E-state index < -0.39 is 8.32 Å². The minimum atomic E-state index is -1.91. The lowest BCUT2D eigenvalue weighted by atomic mass is 10.1. The Kier molecular flexibility index (Phi) is 8.91. The quantitative estimate of drug-likeness (QED) is 0.425. The van der Waals surface area contributed by atoms with E-state index in [1.54, 1.807) is 7.11 Å². The predicted octanol–water partition coefficient (Wildman–Crippen LogP) is 5.71. The average Bonchev–Trinajstić information content (AvgIpc) is 2.74. The van der Waals surface area contributed by atoms with Gasteiger partial charge in [0.25, 0.3) is 0 Å². The van der Waals surface area contributed by atoms with Gasteiger partial charge in [-0.25, -0.2) is 0 Å². The van der Waals surface area contributed by atoms with Gasteiger partial charge < -0.3 is 14.5 Å². The molecule has 0 radical (unpaired) electrons. The highest BCUT2D eigenvalue weighted by Crippen LogP contribution is 2.37. The van der Waals surface area contributed by atoms with Crippen molar-refractivity contribution >= 4 is 14.2 Å². The van der Waals surface area contributed by atoms with Gasteiger partial charge in [0.2, 0.25) is 5.91 Å². The smallest absolute Gasteiger partial charge is 0.221 e. The molecule has 0 aliphatic rings. The molecule has 0 aliphatic carbocycles. The summed E-state index contributed by atoms with van der Waals surface area (Å²) in [4.78, 5) is 12.6. The van der Waals surface area contributed by atoms with Crippen molar-refractivity contribution in [1.29, 1.82) is 0 Å². The molecular weight excluding hydrogens is 402 g/mol. The molecule has 0 fully saturated rings. The monoisotopic (exact) mass is 437 g/mol. The number of amides is 1. The molecule has 1 atom stereocenters. The Hall–Kier alpha value is -2.55. The zero-order valence-corrected chi connectivity index (χ0v) is 20.6. The predicted molar refractivity (Wildman–Crippen MR) is 130 cm³/mol. The van der Waals surface area contributed by atoms with Crippen molar-refractivity contribution in [3.8, 4) is 17.6 Å². The fourth-order valence-corrected chi connectivity index (χ4v) is 3.71. The highest BCUT2D eigenvalue weighted by Gasteiger charge is 2.37. The number of benzene rings is 2. The maximum absolute atomic E-state index is 12.6. The lowest BCUT2D eigenvalue weighted by Gasteiger charge is -2.37. The van der Waals surface area contributed by atoms with Gasteiger partial charge in [0.15, 0.2) is 8.32 Å². The molecule has 4 nitrogen and oxygen atoms in total. The second-order valence-corrected chi connectivity index (χ2v) is 13.9. The summed E-state index contributed by atoms with van der Waals surface area (Å²) in [6.07, 6.45) is 0.856. The zero-order valence-electron chi connectivity index (χ0n) is 19.6. The Morgan fingerprint density at radius 2 is 1.71 bits per heavy atom. The second-order valence-electron chi connectivity index (χ2n) is 9.13. The minimum Gasteiger partial charge on any atom is -0.497 e. The van der Waals surface area contributed by atoms with Gasteiger partial charge in [-0.2, -0.15) is 0 Å². The van der Waals surface area contributed by atoms with Gasteiger partial charge in [-0.15, -0.1) is 0 Å². The molecule has 0 saturated carbocycles. The molecule has 0 aromatic heterocycles. The SMILES string of the molecule is COc1ccc(C#CCCC(=O)NC(CO[Si](C)(C)C(C)(C)C)c2ccccc2)cc1. The van der Waals surface area contributed by atoms with E-state index in [0.717, 1.165) is 16.9 Å². The van der Waals surface area contributed by atoms with Gasteiger partial charge in [-0.1, -0.05) is 62.9 Å². The van der Waals surface area contributed by atoms with Crippen LogP contribution < -0.4 is 10.1 Å². The summed E-state index contributed by atoms with van der Waals surface area (Å²) in [5.41, 5.74) is 1.96. The molecule has 5 heteroatoms. The Balaban J connectivity index is 1.95. The van der Waals surface area contributed by atoms with Crippen molar-refractivity contribution in [3.63, 3.8) is 0 Å². The molecule has 31 heavy (non-hydrogen) atoms. The van der Waals surface area contributed by atoms with Crippen LogP contribution in [-0.4, -0.2) is 27.9 Å². The summed E-state index contributed by atoms with van der Waals surface area (Å²) >= 11 is 0. The first kappa shape index (κ1) is 24.7. The van der Waals surface area contributed by atoms with Crippen LogP contribution in [0.2, 0.25) is 18.1 Å². The highest BCUT2D eigenvalue weighted by molar-refractivity contribution is 6.74. The van der Waals surface area contributed by atoms with E-state index in [4.69, 9.17) is 9.16 Å². The summed E-state index contributed by atoms with van der Waals surface area (Å²) in [5, 5.41) is 3.27. The summed E-state index contributed by atoms with van der Waals surface area (Å²) in [7, 11) is -0.272. The molecule has 2 aromatic rings. The van der Waals surface area contributed by atoms with Crippen LogP contribution in [0.25, 0.3) is 0 Å². The van der Waals surface area contributed by atoms with Crippen molar-refractivity contribution in [2.45, 2.75) is 57.8 Å². The molecule has 166 valence electrons. The van der Waals surface area contributed by atoms with E-state index in [9.17, 15) is 4.79 Å². The fourth-order valence-electron chi connectivity index (χ4n) is 2.70. The third-order valence-electron chi connectivity index (χ3n) is 5.75. The number of methoxy groups -OCH3 is 1. The van der Waals surface area contributed by atoms with Gasteiger partial charge in [0, 0.05) is 18.4 Å². The molecule has 1 N–H and O–H groups in total. The first-order valence-electron chi connectivity index (χ1n) is 10.7. The van der Waals surface area contributed by atoms with Crippen LogP contribution in [0.3, 0.4) is 0 Å². The first-order chi connectivity index (χ1) is 14.6. The van der Waals surface area contributed by atoms with Crippen LogP contribution in [0.4, 0.5) is 0 Å². The molecular formula is C26H35NO3Si. The molecule has 0 spiro atoms. The summed E-state index contributed by atoms with van der Waals surface area (Å²) < 4.78 is 11.5. The highest BCUT2D eigenvalue weighted by atomic mass is 28.4. The van der Waals surface area contributed by atoms with Crippen LogP contribution >= 0.6 is 0 Å². The van der Waals surface area contributed by atoms with Gasteiger partial charge in [-0.05, 0) is 48.0 Å². The van der Waals surface area contributed by atoms with Crippen molar-refractivity contribution in [2.75, 3.05) is 13.7 Å². The van der Waals surface area contributed by atoms with E-state index in [2.05, 4.69) is 51.0 Å². The second kappa shape index (κ2) is 11.2. The van der Waals surface area contributed by atoms with Crippen LogP contribution in [0.5, 0.6) is 5.75 Å². The molecule has 2 aromatic carbocycles. The van der Waals surface area contributed by atoms with E-state index in [1.165, 1.54) is 0 Å². The summed E-state index contributed by atoms with van der Waals surface area (Å²) in [6.45, 7) is 11.6. The maximum atomic E-state index is 12.6. The van der Waals surface area contributed by atoms with Crippen LogP contribution in [0.1, 0.15) is 50.8 Å². The fraction of sp³-hybridized carbons (Fsp3) is 0.423. The number of ether oxygens (including phenoxy) is 1. The van der Waals surface area contributed by atoms with Crippen molar-refractivity contribution in [3.05, 3.63) is 65.7 Å². The van der Waals surface area contributed by atoms with Gasteiger partial charge in [0.05, 0.1) is 19.8 Å². The third-order valence-corrected chi connectivity index (χ3v) is 10.3. The van der Waals surface area contributed by atoms with E-state index in [1.807, 2.05) is 54.6 Å². The minimum absolute atomic E-state index is 0.0169. The molecule has 0 bridgehead atoms. The lowest BCUT2D eigenvalue weighted by molar-refractivity contribution is -0.122. The molecule has 1 unspecified atom stereocenters. The van der Waals surface area contributed by atoms with Crippen LogP contribution in [0, 0.1) is 11.8 Å². The van der Waals surface area contributed by atoms with Crippen LogP contribution in [-0.2, 0) is 9.22 Å². The Morgan fingerprint density at radius 1 is 1.06 bits per heavy atom. The number of carbonyl (C=O) groups excluding carboxylic acids is 1. The zero-order chi connectivity index (χ0) is 22.9. The molecule has 0 saturated heterocycles. The van der Waals surface area contributed by atoms with E-state index in [0.29, 0.717) is 19.4 Å². The van der Waals surface area contributed by atoms with Crippen LogP contribution in [0.15, 0.2) is 54.6 Å². The van der Waals surface area contributed by atoms with Crippen molar-refractivity contribution in [2.24, 2.45) is 0 Å². The normalized spacial score (nSPS) is 12.5. The number of carbonyl (C=O) groups is 1. The maximum Gasteiger partial charge on any atom is 0.221 e. The standard InChI is InChI=1S/C26H35NO3Si/c1-26(2,3)31(5,6)30-20-24(22-13-8-7-9-14-22)27-25(28)15-11-10-12-21-16-18-23(29-4)19-17-21/h7-9,13-14,16-19,24H,11,15,20H2,1-6H3,(H,27,28). The topological polar surface area (TPSA) is 47.6 Å². The van der Waals surface area contributed by atoms with E-state index >= 15 is 0 Å². The summed E-state index contributed by atoms with van der Waals surface area (Å²) in [5.74, 6) is 6.96. The number of hydrogen-bond donors (Lipinski definition) is 1. The van der Waals surface area contributed by atoms with Gasteiger partial charge in [0.1, 0.15) is 5.75 Å². The first-order valence-corrected chi connectivity index (χ1v) is 13.6. The van der Waals surface area contributed by atoms with Crippen molar-refractivity contribution in [1.82, 2.24) is 5.32 Å². The largest absolute Gasteiger partial charge is 0.497 e. The number of rotatable bonds is 8. The lowest BCUT2D eigenvalue weighted by Crippen LogP contribution is -2.43. The molecule has 0 heterocycles. The number of nitrogens with one attached hydrogen (secondary N) is 1. The Morgan fingerprint density at radius 3 is 2.29 bits per heavy atom. The summed E-state index contributed by atoms with van der Waals surface area (Å²) in [6, 6.07) is 17.4. The van der Waals surface area contributed by atoms with E-state index in [-0.39, 0.29) is 17.0 Å². The van der Waals surface area contributed by atoms with Gasteiger partial charge in [-0.3, -0.25) is 4.79 Å². The molecule has 1 amide bonds.